The standard InChI is InChI=1S/C17H25N3O4/c1-18-17(22)15-11-20(8-9-24-15)12-16(21)19(2)10-13-6-4-5-7-14(13)23-3/h4-7,15H,8-12H2,1-3H3,(H,18,22). The largest absolute Gasteiger partial charge is 0.496 e. The first-order chi connectivity index (χ1) is 11.5. The van der Waals surface area contributed by atoms with Gasteiger partial charge in [-0.15, -0.1) is 0 Å². The molecule has 1 unspecified atom stereocenters. The number of nitrogens with zero attached hydrogens (tertiary/aromatic N) is 2. The van der Waals surface area contributed by atoms with Crippen molar-refractivity contribution in [2.24, 2.45) is 0 Å². The van der Waals surface area contributed by atoms with Crippen LogP contribution in [-0.4, -0.2) is 75.2 Å². The van der Waals surface area contributed by atoms with E-state index in [1.54, 1.807) is 26.1 Å². The van der Waals surface area contributed by atoms with Gasteiger partial charge in [0.25, 0.3) is 0 Å². The second kappa shape index (κ2) is 8.65. The highest BCUT2D eigenvalue weighted by Crippen LogP contribution is 2.18. The van der Waals surface area contributed by atoms with Crippen LogP contribution >= 0.6 is 0 Å². The number of rotatable bonds is 6. The smallest absolute Gasteiger partial charge is 0.250 e. The van der Waals surface area contributed by atoms with Gasteiger partial charge in [0.15, 0.2) is 0 Å². The maximum atomic E-state index is 12.5. The van der Waals surface area contributed by atoms with Crippen molar-refractivity contribution in [1.29, 1.82) is 0 Å². The number of ether oxygens (including phenoxy) is 2. The number of para-hydroxylation sites is 1. The zero-order valence-corrected chi connectivity index (χ0v) is 14.4. The minimum Gasteiger partial charge on any atom is -0.496 e. The van der Waals surface area contributed by atoms with Gasteiger partial charge in [-0.2, -0.15) is 0 Å². The number of hydrogen-bond donors (Lipinski definition) is 1. The van der Waals surface area contributed by atoms with Crippen molar-refractivity contribution in [1.82, 2.24) is 15.1 Å². The van der Waals surface area contributed by atoms with Gasteiger partial charge in [-0.3, -0.25) is 14.5 Å². The van der Waals surface area contributed by atoms with Gasteiger partial charge in [0, 0.05) is 39.3 Å². The van der Waals surface area contributed by atoms with Crippen LogP contribution in [0, 0.1) is 0 Å². The normalized spacial score (nSPS) is 18.0. The van der Waals surface area contributed by atoms with E-state index in [0.29, 0.717) is 26.2 Å². The van der Waals surface area contributed by atoms with Gasteiger partial charge in [-0.05, 0) is 6.07 Å². The summed E-state index contributed by atoms with van der Waals surface area (Å²) in [7, 11) is 4.97. The lowest BCUT2D eigenvalue weighted by Gasteiger charge is -2.32. The van der Waals surface area contributed by atoms with Crippen molar-refractivity contribution < 1.29 is 19.1 Å². The number of hydrogen-bond acceptors (Lipinski definition) is 5. The van der Waals surface area contributed by atoms with Gasteiger partial charge in [0.1, 0.15) is 11.9 Å². The van der Waals surface area contributed by atoms with Crippen LogP contribution in [0.1, 0.15) is 5.56 Å². The molecular formula is C17H25N3O4. The quantitative estimate of drug-likeness (QED) is 0.798. The number of carbonyl (C=O) groups is 2. The molecule has 1 aromatic carbocycles. The first kappa shape index (κ1) is 18.2. The van der Waals surface area contributed by atoms with E-state index in [2.05, 4.69) is 5.32 Å². The summed E-state index contributed by atoms with van der Waals surface area (Å²) in [6.07, 6.45) is -0.518. The Balaban J connectivity index is 1.90. The Morgan fingerprint density at radius 2 is 2.17 bits per heavy atom. The van der Waals surface area contributed by atoms with E-state index < -0.39 is 6.10 Å². The molecule has 0 bridgehead atoms. The summed E-state index contributed by atoms with van der Waals surface area (Å²) in [5, 5.41) is 2.58. The summed E-state index contributed by atoms with van der Waals surface area (Å²) < 4.78 is 10.8. The fraction of sp³-hybridized carbons (Fsp3) is 0.529. The molecule has 132 valence electrons. The Bertz CT molecular complexity index is 579. The average Bonchev–Trinajstić information content (AvgIpc) is 2.61. The zero-order valence-electron chi connectivity index (χ0n) is 14.4. The van der Waals surface area contributed by atoms with E-state index in [1.807, 2.05) is 29.2 Å². The minimum absolute atomic E-state index is 0.00142. The molecule has 1 N–H and O–H groups in total. The van der Waals surface area contributed by atoms with Gasteiger partial charge >= 0.3 is 0 Å². The molecule has 7 nitrogen and oxygen atoms in total. The fourth-order valence-electron chi connectivity index (χ4n) is 2.66. The van der Waals surface area contributed by atoms with Crippen LogP contribution in [0.3, 0.4) is 0 Å². The summed E-state index contributed by atoms with van der Waals surface area (Å²) in [4.78, 5) is 27.8. The first-order valence-corrected chi connectivity index (χ1v) is 7.96. The number of amides is 2. The Morgan fingerprint density at radius 3 is 2.88 bits per heavy atom. The summed E-state index contributed by atoms with van der Waals surface area (Å²) in [6, 6.07) is 7.64. The maximum absolute atomic E-state index is 12.5. The third-order valence-electron chi connectivity index (χ3n) is 4.07. The molecule has 1 fully saturated rings. The topological polar surface area (TPSA) is 71.1 Å². The van der Waals surface area contributed by atoms with Gasteiger partial charge in [-0.25, -0.2) is 0 Å². The van der Waals surface area contributed by atoms with Crippen LogP contribution in [-0.2, 0) is 20.9 Å². The molecule has 1 atom stereocenters. The Hall–Kier alpha value is -2.12. The second-order valence-electron chi connectivity index (χ2n) is 5.77. The molecule has 0 radical (unpaired) electrons. The van der Waals surface area contributed by atoms with Crippen LogP contribution in [0.5, 0.6) is 5.75 Å². The van der Waals surface area contributed by atoms with Crippen molar-refractivity contribution in [3.05, 3.63) is 29.8 Å². The minimum atomic E-state index is -0.518. The van der Waals surface area contributed by atoms with Crippen LogP contribution in [0.4, 0.5) is 0 Å². The maximum Gasteiger partial charge on any atom is 0.250 e. The van der Waals surface area contributed by atoms with E-state index in [4.69, 9.17) is 9.47 Å². The van der Waals surface area contributed by atoms with Crippen LogP contribution in [0.25, 0.3) is 0 Å². The predicted octanol–water partition coefficient (Wildman–Crippen LogP) is 0.100. The molecule has 0 spiro atoms. The molecule has 0 aromatic heterocycles. The highest BCUT2D eigenvalue weighted by molar-refractivity contribution is 5.81. The third kappa shape index (κ3) is 4.69. The molecular weight excluding hydrogens is 310 g/mol. The van der Waals surface area contributed by atoms with Gasteiger partial charge in [-0.1, -0.05) is 18.2 Å². The van der Waals surface area contributed by atoms with Crippen LogP contribution < -0.4 is 10.1 Å². The number of carbonyl (C=O) groups excluding carboxylic acids is 2. The predicted molar refractivity (Wildman–Crippen MR) is 89.7 cm³/mol. The molecule has 7 heteroatoms. The van der Waals surface area contributed by atoms with E-state index in [0.717, 1.165) is 11.3 Å². The van der Waals surface area contributed by atoms with Gasteiger partial charge < -0.3 is 19.7 Å². The van der Waals surface area contributed by atoms with Crippen molar-refractivity contribution >= 4 is 11.8 Å². The van der Waals surface area contributed by atoms with E-state index >= 15 is 0 Å². The van der Waals surface area contributed by atoms with E-state index in [9.17, 15) is 9.59 Å². The number of morpholine rings is 1. The number of methoxy groups -OCH3 is 1. The molecule has 0 saturated carbocycles. The number of benzene rings is 1. The van der Waals surface area contributed by atoms with Crippen molar-refractivity contribution in [2.45, 2.75) is 12.6 Å². The first-order valence-electron chi connectivity index (χ1n) is 7.96. The molecule has 1 aliphatic heterocycles. The summed E-state index contributed by atoms with van der Waals surface area (Å²) in [5.41, 5.74) is 0.959. The van der Waals surface area contributed by atoms with Crippen LogP contribution in [0.2, 0.25) is 0 Å². The van der Waals surface area contributed by atoms with Crippen molar-refractivity contribution in [2.75, 3.05) is 47.4 Å². The summed E-state index contributed by atoms with van der Waals surface area (Å²) in [6.45, 7) is 2.26. The molecule has 2 amide bonds. The molecule has 1 saturated heterocycles. The second-order valence-corrected chi connectivity index (χ2v) is 5.77. The molecule has 1 heterocycles. The van der Waals surface area contributed by atoms with Crippen molar-refractivity contribution in [3.63, 3.8) is 0 Å². The molecule has 1 aliphatic rings. The third-order valence-corrected chi connectivity index (χ3v) is 4.07. The van der Waals surface area contributed by atoms with Gasteiger partial charge in [0.05, 0.1) is 20.3 Å². The van der Waals surface area contributed by atoms with E-state index in [-0.39, 0.29) is 18.4 Å². The Morgan fingerprint density at radius 1 is 1.42 bits per heavy atom. The Labute approximate surface area is 142 Å². The molecule has 2 rings (SSSR count). The number of likely N-dealkylation sites (N-methyl/N-ethyl adjacent to an activating group) is 2. The Kier molecular flexibility index (Phi) is 6.57. The average molecular weight is 335 g/mol. The SMILES string of the molecule is CNC(=O)C1CN(CC(=O)N(C)Cc2ccccc2OC)CCO1. The van der Waals surface area contributed by atoms with Gasteiger partial charge in [0.2, 0.25) is 11.8 Å². The lowest BCUT2D eigenvalue weighted by atomic mass is 10.2. The lowest BCUT2D eigenvalue weighted by Crippen LogP contribution is -2.51. The lowest BCUT2D eigenvalue weighted by molar-refractivity contribution is -0.142. The fourth-order valence-corrected chi connectivity index (χ4v) is 2.66. The molecule has 1 aromatic rings. The summed E-state index contributed by atoms with van der Waals surface area (Å²) >= 11 is 0. The molecule has 24 heavy (non-hydrogen) atoms. The number of nitrogens with one attached hydrogen (secondary N) is 1. The highest BCUT2D eigenvalue weighted by Gasteiger charge is 2.27. The van der Waals surface area contributed by atoms with Crippen LogP contribution in [0.15, 0.2) is 24.3 Å². The highest BCUT2D eigenvalue weighted by atomic mass is 16.5. The molecule has 0 aliphatic carbocycles. The zero-order chi connectivity index (χ0) is 17.5. The van der Waals surface area contributed by atoms with E-state index in [1.165, 1.54) is 0 Å². The summed E-state index contributed by atoms with van der Waals surface area (Å²) in [5.74, 6) is 0.608. The monoisotopic (exact) mass is 335 g/mol. The van der Waals surface area contributed by atoms with Crippen molar-refractivity contribution in [3.8, 4) is 5.75 Å².